The molecule has 0 radical (unpaired) electrons. The van der Waals surface area contributed by atoms with E-state index < -0.39 is 12.0 Å². The Hall–Kier alpha value is -2.63. The van der Waals surface area contributed by atoms with Gasteiger partial charge in [-0.25, -0.2) is 9.48 Å². The van der Waals surface area contributed by atoms with Crippen LogP contribution in [-0.2, 0) is 9.53 Å². The van der Waals surface area contributed by atoms with Gasteiger partial charge in [0, 0.05) is 0 Å². The Kier molecular flexibility index (Phi) is 5.73. The van der Waals surface area contributed by atoms with Gasteiger partial charge in [-0.1, -0.05) is 38.5 Å². The Morgan fingerprint density at radius 1 is 1.29 bits per heavy atom. The number of hydrogen-bond donors (Lipinski definition) is 1. The fourth-order valence-electron chi connectivity index (χ4n) is 2.48. The van der Waals surface area contributed by atoms with Gasteiger partial charge in [0.1, 0.15) is 6.04 Å². The van der Waals surface area contributed by atoms with Gasteiger partial charge in [-0.05, 0) is 25.0 Å². The fraction of sp³-hybridized carbons (Fsp3) is 0.389. The maximum Gasteiger partial charge on any atom is 0.328 e. The molecule has 1 aromatic carbocycles. The van der Waals surface area contributed by atoms with Crippen molar-refractivity contribution in [3.8, 4) is 5.69 Å². The standard InChI is InChI=1S/C18H23N3O3/c1-5-12(2)16(18(23)24-4)20-17(22)15-11-19-21(13(15)3)14-9-7-6-8-10-14/h6-12,16H,5H2,1-4H3,(H,20,22). The molecule has 1 amide bonds. The molecule has 0 aliphatic heterocycles. The monoisotopic (exact) mass is 329 g/mol. The SMILES string of the molecule is CCC(C)C(NC(=O)c1cnn(-c2ccccc2)c1C)C(=O)OC. The number of ether oxygens (including phenoxy) is 1. The van der Waals surface area contributed by atoms with Crippen molar-refractivity contribution in [2.75, 3.05) is 7.11 Å². The first-order chi connectivity index (χ1) is 11.5. The highest BCUT2D eigenvalue weighted by Crippen LogP contribution is 2.15. The van der Waals surface area contributed by atoms with Crippen molar-refractivity contribution in [1.82, 2.24) is 15.1 Å². The van der Waals surface area contributed by atoms with Gasteiger partial charge in [-0.3, -0.25) is 4.79 Å². The minimum absolute atomic E-state index is 0.0223. The Labute approximate surface area is 141 Å². The van der Waals surface area contributed by atoms with Gasteiger partial charge in [-0.2, -0.15) is 5.10 Å². The Morgan fingerprint density at radius 3 is 2.54 bits per heavy atom. The van der Waals surface area contributed by atoms with E-state index in [0.29, 0.717) is 11.3 Å². The number of benzene rings is 1. The molecule has 24 heavy (non-hydrogen) atoms. The molecule has 128 valence electrons. The third-order valence-corrected chi connectivity index (χ3v) is 4.21. The fourth-order valence-corrected chi connectivity index (χ4v) is 2.48. The van der Waals surface area contributed by atoms with Gasteiger partial charge in [0.25, 0.3) is 5.91 Å². The molecule has 6 nitrogen and oxygen atoms in total. The molecule has 2 rings (SSSR count). The van der Waals surface area contributed by atoms with Crippen LogP contribution in [-0.4, -0.2) is 34.8 Å². The predicted molar refractivity (Wildman–Crippen MR) is 91.0 cm³/mol. The number of nitrogens with zero attached hydrogens (tertiary/aromatic N) is 2. The largest absolute Gasteiger partial charge is 0.467 e. The lowest BCUT2D eigenvalue weighted by atomic mass is 9.99. The molecular weight excluding hydrogens is 306 g/mol. The Balaban J connectivity index is 2.24. The predicted octanol–water partition coefficient (Wildman–Crippen LogP) is 2.50. The van der Waals surface area contributed by atoms with Crippen LogP contribution in [0, 0.1) is 12.8 Å². The van der Waals surface area contributed by atoms with Crippen molar-refractivity contribution in [1.29, 1.82) is 0 Å². The number of carbonyl (C=O) groups excluding carboxylic acids is 2. The summed E-state index contributed by atoms with van der Waals surface area (Å²) in [7, 11) is 1.32. The molecule has 0 aliphatic rings. The topological polar surface area (TPSA) is 73.2 Å². The van der Waals surface area contributed by atoms with Crippen LogP contribution in [0.1, 0.15) is 36.3 Å². The van der Waals surface area contributed by atoms with Crippen molar-refractivity contribution in [2.24, 2.45) is 5.92 Å². The van der Waals surface area contributed by atoms with Crippen molar-refractivity contribution in [3.05, 3.63) is 47.8 Å². The lowest BCUT2D eigenvalue weighted by molar-refractivity contribution is -0.144. The molecular formula is C18H23N3O3. The van der Waals surface area contributed by atoms with E-state index in [1.165, 1.54) is 13.3 Å². The highest BCUT2D eigenvalue weighted by Gasteiger charge is 2.28. The van der Waals surface area contributed by atoms with Crippen molar-refractivity contribution in [3.63, 3.8) is 0 Å². The lowest BCUT2D eigenvalue weighted by Crippen LogP contribution is -2.45. The normalized spacial score (nSPS) is 13.2. The van der Waals surface area contributed by atoms with E-state index in [1.54, 1.807) is 4.68 Å². The van der Waals surface area contributed by atoms with Gasteiger partial charge >= 0.3 is 5.97 Å². The molecule has 2 unspecified atom stereocenters. The van der Waals surface area contributed by atoms with E-state index in [9.17, 15) is 9.59 Å². The third-order valence-electron chi connectivity index (χ3n) is 4.21. The van der Waals surface area contributed by atoms with Crippen LogP contribution in [0.2, 0.25) is 0 Å². The number of para-hydroxylation sites is 1. The number of hydrogen-bond acceptors (Lipinski definition) is 4. The summed E-state index contributed by atoms with van der Waals surface area (Å²) in [5.41, 5.74) is 2.03. The first-order valence-electron chi connectivity index (χ1n) is 7.98. The van der Waals surface area contributed by atoms with E-state index in [4.69, 9.17) is 4.74 Å². The first-order valence-corrected chi connectivity index (χ1v) is 7.98. The zero-order valence-corrected chi connectivity index (χ0v) is 14.4. The molecule has 1 heterocycles. The molecule has 2 aromatic rings. The summed E-state index contributed by atoms with van der Waals surface area (Å²) >= 11 is 0. The molecule has 0 bridgehead atoms. The van der Waals surface area contributed by atoms with E-state index in [0.717, 1.165) is 12.1 Å². The minimum atomic E-state index is -0.674. The summed E-state index contributed by atoms with van der Waals surface area (Å²) in [4.78, 5) is 24.5. The highest BCUT2D eigenvalue weighted by atomic mass is 16.5. The zero-order valence-electron chi connectivity index (χ0n) is 14.4. The summed E-state index contributed by atoms with van der Waals surface area (Å²) in [5, 5.41) is 7.06. The highest BCUT2D eigenvalue weighted by molar-refractivity contribution is 5.97. The summed E-state index contributed by atoms with van der Waals surface area (Å²) in [6, 6.07) is 8.89. The maximum absolute atomic E-state index is 12.6. The van der Waals surface area contributed by atoms with Gasteiger partial charge < -0.3 is 10.1 Å². The van der Waals surface area contributed by atoms with Crippen molar-refractivity contribution < 1.29 is 14.3 Å². The van der Waals surface area contributed by atoms with Gasteiger partial charge in [-0.15, -0.1) is 0 Å². The van der Waals surface area contributed by atoms with Gasteiger partial charge in [0.05, 0.1) is 30.3 Å². The first kappa shape index (κ1) is 17.7. The molecule has 0 saturated carbocycles. The van der Waals surface area contributed by atoms with Gasteiger partial charge in [0.2, 0.25) is 0 Å². The molecule has 0 saturated heterocycles. The second-order valence-corrected chi connectivity index (χ2v) is 5.75. The second-order valence-electron chi connectivity index (χ2n) is 5.75. The van der Waals surface area contributed by atoms with Crippen LogP contribution in [0.15, 0.2) is 36.5 Å². The zero-order chi connectivity index (χ0) is 17.7. The van der Waals surface area contributed by atoms with E-state index in [-0.39, 0.29) is 11.8 Å². The summed E-state index contributed by atoms with van der Waals surface area (Å²) in [6.07, 6.45) is 2.27. The summed E-state index contributed by atoms with van der Waals surface area (Å²) < 4.78 is 6.50. The lowest BCUT2D eigenvalue weighted by Gasteiger charge is -2.21. The smallest absolute Gasteiger partial charge is 0.328 e. The number of nitrogens with one attached hydrogen (secondary N) is 1. The average Bonchev–Trinajstić information content (AvgIpc) is 3.00. The van der Waals surface area contributed by atoms with E-state index >= 15 is 0 Å². The number of esters is 1. The van der Waals surface area contributed by atoms with Crippen molar-refractivity contribution >= 4 is 11.9 Å². The van der Waals surface area contributed by atoms with E-state index in [2.05, 4.69) is 10.4 Å². The molecule has 0 spiro atoms. The van der Waals surface area contributed by atoms with Crippen LogP contribution in [0.25, 0.3) is 5.69 Å². The maximum atomic E-state index is 12.6. The van der Waals surface area contributed by atoms with Crippen LogP contribution in [0.3, 0.4) is 0 Å². The number of rotatable bonds is 6. The number of amides is 1. The number of carbonyl (C=O) groups is 2. The Morgan fingerprint density at radius 2 is 1.96 bits per heavy atom. The van der Waals surface area contributed by atoms with Crippen molar-refractivity contribution in [2.45, 2.75) is 33.2 Å². The molecule has 1 N–H and O–H groups in total. The van der Waals surface area contributed by atoms with Crippen LogP contribution < -0.4 is 5.32 Å². The molecule has 6 heteroatoms. The third kappa shape index (κ3) is 3.64. The molecule has 0 fully saturated rings. The Bertz CT molecular complexity index is 710. The van der Waals surface area contributed by atoms with Crippen LogP contribution in [0.4, 0.5) is 0 Å². The van der Waals surface area contributed by atoms with Crippen LogP contribution in [0.5, 0.6) is 0 Å². The summed E-state index contributed by atoms with van der Waals surface area (Å²) in [6.45, 7) is 5.69. The molecule has 2 atom stereocenters. The van der Waals surface area contributed by atoms with Crippen LogP contribution >= 0.6 is 0 Å². The van der Waals surface area contributed by atoms with E-state index in [1.807, 2.05) is 51.1 Å². The molecule has 0 aliphatic carbocycles. The van der Waals surface area contributed by atoms with Gasteiger partial charge in [0.15, 0.2) is 0 Å². The number of methoxy groups -OCH3 is 1. The summed E-state index contributed by atoms with van der Waals surface area (Å²) in [5.74, 6) is -0.790. The second kappa shape index (κ2) is 7.77. The average molecular weight is 329 g/mol. The molecule has 1 aromatic heterocycles. The number of aromatic nitrogens is 2. The quantitative estimate of drug-likeness (QED) is 0.827. The minimum Gasteiger partial charge on any atom is -0.467 e.